The number of hydrazone groups is 1. The molecule has 0 radical (unpaired) electrons. The summed E-state index contributed by atoms with van der Waals surface area (Å²) in [4.78, 5) is 37.5. The fraction of sp³-hybridized carbons (Fsp3) is 0. The Morgan fingerprint density at radius 2 is 1.31 bits per heavy atom. The smallest absolute Gasteiger partial charge is 0.296 e. The summed E-state index contributed by atoms with van der Waals surface area (Å²) in [6.45, 7) is 0. The molecule has 0 bridgehead atoms. The number of Topliss-reactive ketones (excluding diaryl/α,β-unsaturated/α-hetero) is 1. The highest BCUT2D eigenvalue weighted by atomic mass is 32.2. The standard InChI is InChI=1S/C30H23N5O6S/c31-21-8-6-19(7-9-21)30(38)33-24-14-15-25-20(16-24)17-26(42(39,40)41)27(28(25)36)35-34-23-12-10-22(11-13-23)32-29(37)18-4-2-1-3-5-18/h1-17,34H,31H2,(H,32,37)(H,33,38)(H,39,40,41). The van der Waals surface area contributed by atoms with E-state index in [0.717, 1.165) is 6.08 Å². The maximum Gasteiger partial charge on any atom is 0.296 e. The zero-order chi connectivity index (χ0) is 29.9. The maximum absolute atomic E-state index is 13.3. The molecule has 210 valence electrons. The van der Waals surface area contributed by atoms with Crippen molar-refractivity contribution in [3.05, 3.63) is 124 Å². The number of nitrogens with zero attached hydrogens (tertiary/aromatic N) is 1. The van der Waals surface area contributed by atoms with E-state index in [2.05, 4.69) is 21.2 Å². The van der Waals surface area contributed by atoms with Gasteiger partial charge in [0.05, 0.1) is 5.69 Å². The normalized spacial score (nSPS) is 13.6. The van der Waals surface area contributed by atoms with E-state index in [-0.39, 0.29) is 17.0 Å². The summed E-state index contributed by atoms with van der Waals surface area (Å²) in [6, 6.07) is 25.6. The van der Waals surface area contributed by atoms with Crippen molar-refractivity contribution in [1.29, 1.82) is 0 Å². The number of carbonyl (C=O) groups is 3. The minimum atomic E-state index is -4.86. The quantitative estimate of drug-likeness (QED) is 0.119. The number of hydrogen-bond donors (Lipinski definition) is 5. The van der Waals surface area contributed by atoms with Crippen LogP contribution in [-0.2, 0) is 10.1 Å². The Labute approximate surface area is 240 Å². The molecule has 2 amide bonds. The van der Waals surface area contributed by atoms with E-state index in [0.29, 0.717) is 33.9 Å². The highest BCUT2D eigenvalue weighted by Gasteiger charge is 2.33. The monoisotopic (exact) mass is 581 g/mol. The van der Waals surface area contributed by atoms with Gasteiger partial charge in [-0.15, -0.1) is 0 Å². The second-order valence-corrected chi connectivity index (χ2v) is 10.6. The average molecular weight is 582 g/mol. The highest BCUT2D eigenvalue weighted by molar-refractivity contribution is 7.91. The first kappa shape index (κ1) is 28.0. The van der Waals surface area contributed by atoms with Crippen LogP contribution < -0.4 is 21.8 Å². The van der Waals surface area contributed by atoms with E-state index >= 15 is 0 Å². The summed E-state index contributed by atoms with van der Waals surface area (Å²) < 4.78 is 34.3. The number of allylic oxidation sites excluding steroid dienone is 1. The van der Waals surface area contributed by atoms with Crippen LogP contribution in [0.15, 0.2) is 107 Å². The SMILES string of the molecule is Nc1ccc(C(=O)Nc2ccc3c(c2)C=C(S(=O)(=O)O)C(=NNc2ccc(NC(=O)c4ccccc4)cc2)C3=O)cc1. The van der Waals surface area contributed by atoms with Gasteiger partial charge in [-0.05, 0) is 90.5 Å². The molecule has 1 aliphatic rings. The summed E-state index contributed by atoms with van der Waals surface area (Å²) in [5.41, 5.74) is 10.6. The molecule has 0 heterocycles. The molecule has 0 atom stereocenters. The molecule has 0 fully saturated rings. The topological polar surface area (TPSA) is 180 Å². The van der Waals surface area contributed by atoms with Gasteiger partial charge in [-0.2, -0.15) is 13.5 Å². The van der Waals surface area contributed by atoms with E-state index in [1.807, 2.05) is 0 Å². The Bertz CT molecular complexity index is 1870. The molecule has 0 unspecified atom stereocenters. The van der Waals surface area contributed by atoms with Crippen LogP contribution in [0.25, 0.3) is 6.08 Å². The molecule has 0 aromatic heterocycles. The summed E-state index contributed by atoms with van der Waals surface area (Å²) in [5, 5.41) is 9.41. The van der Waals surface area contributed by atoms with Crippen molar-refractivity contribution in [3.63, 3.8) is 0 Å². The van der Waals surface area contributed by atoms with E-state index in [1.54, 1.807) is 78.9 Å². The molecule has 5 rings (SSSR count). The van der Waals surface area contributed by atoms with Gasteiger partial charge < -0.3 is 16.4 Å². The molecule has 0 saturated carbocycles. The lowest BCUT2D eigenvalue weighted by Gasteiger charge is -2.17. The molecule has 0 spiro atoms. The van der Waals surface area contributed by atoms with E-state index in [4.69, 9.17) is 5.73 Å². The van der Waals surface area contributed by atoms with Gasteiger partial charge in [0.15, 0.2) is 5.71 Å². The third-order valence-electron chi connectivity index (χ3n) is 6.22. The molecule has 6 N–H and O–H groups in total. The Balaban J connectivity index is 1.35. The van der Waals surface area contributed by atoms with Gasteiger partial charge >= 0.3 is 0 Å². The zero-order valence-electron chi connectivity index (χ0n) is 21.7. The van der Waals surface area contributed by atoms with Crippen LogP contribution in [-0.4, -0.2) is 36.3 Å². The van der Waals surface area contributed by atoms with Crippen LogP contribution >= 0.6 is 0 Å². The Morgan fingerprint density at radius 3 is 1.95 bits per heavy atom. The summed E-state index contributed by atoms with van der Waals surface area (Å²) in [5.74, 6) is -1.48. The van der Waals surface area contributed by atoms with Gasteiger partial charge in [0.1, 0.15) is 4.91 Å². The summed E-state index contributed by atoms with van der Waals surface area (Å²) in [7, 11) is -4.86. The number of amides is 2. The first-order valence-electron chi connectivity index (χ1n) is 12.4. The summed E-state index contributed by atoms with van der Waals surface area (Å²) >= 11 is 0. The molecule has 0 saturated heterocycles. The molecule has 12 heteroatoms. The fourth-order valence-corrected chi connectivity index (χ4v) is 4.76. The minimum Gasteiger partial charge on any atom is -0.399 e. The Morgan fingerprint density at radius 1 is 0.738 bits per heavy atom. The van der Waals surface area contributed by atoms with Crippen molar-refractivity contribution in [3.8, 4) is 0 Å². The number of rotatable bonds is 7. The number of ketones is 1. The van der Waals surface area contributed by atoms with Gasteiger partial charge in [-0.3, -0.25) is 24.4 Å². The lowest BCUT2D eigenvalue weighted by molar-refractivity contribution is 0.101. The lowest BCUT2D eigenvalue weighted by Crippen LogP contribution is -2.27. The lowest BCUT2D eigenvalue weighted by atomic mass is 9.94. The van der Waals surface area contributed by atoms with Gasteiger partial charge in [0.2, 0.25) is 5.78 Å². The van der Waals surface area contributed by atoms with Gasteiger partial charge in [-0.25, -0.2) is 0 Å². The van der Waals surface area contributed by atoms with Crippen LogP contribution in [0.5, 0.6) is 0 Å². The van der Waals surface area contributed by atoms with Crippen molar-refractivity contribution >= 4 is 62.3 Å². The third-order valence-corrected chi connectivity index (χ3v) is 7.08. The number of nitrogens with two attached hydrogens (primary N) is 1. The zero-order valence-corrected chi connectivity index (χ0v) is 22.6. The number of anilines is 4. The van der Waals surface area contributed by atoms with E-state index < -0.39 is 32.4 Å². The molecule has 1 aliphatic carbocycles. The maximum atomic E-state index is 13.3. The molecular formula is C30H23N5O6S. The number of nitrogen functional groups attached to an aromatic ring is 1. The predicted molar refractivity (Wildman–Crippen MR) is 161 cm³/mol. The molecule has 11 nitrogen and oxygen atoms in total. The van der Waals surface area contributed by atoms with E-state index in [1.165, 1.54) is 18.2 Å². The molecular weight excluding hydrogens is 558 g/mol. The van der Waals surface area contributed by atoms with Crippen molar-refractivity contribution in [2.24, 2.45) is 5.10 Å². The number of carbonyl (C=O) groups excluding carboxylic acids is 3. The van der Waals surface area contributed by atoms with Crippen molar-refractivity contribution < 1.29 is 27.4 Å². The molecule has 42 heavy (non-hydrogen) atoms. The Hall–Kier alpha value is -5.59. The van der Waals surface area contributed by atoms with Crippen LogP contribution in [0.3, 0.4) is 0 Å². The van der Waals surface area contributed by atoms with E-state index in [9.17, 15) is 27.4 Å². The first-order chi connectivity index (χ1) is 20.1. The van der Waals surface area contributed by atoms with Crippen molar-refractivity contribution in [1.82, 2.24) is 0 Å². The molecule has 4 aromatic carbocycles. The van der Waals surface area contributed by atoms with Crippen molar-refractivity contribution in [2.45, 2.75) is 0 Å². The average Bonchev–Trinajstić information content (AvgIpc) is 2.97. The van der Waals surface area contributed by atoms with Gasteiger partial charge in [0.25, 0.3) is 21.9 Å². The Kier molecular flexibility index (Phi) is 7.65. The first-order valence-corrected chi connectivity index (χ1v) is 13.9. The molecule has 4 aromatic rings. The highest BCUT2D eigenvalue weighted by Crippen LogP contribution is 2.28. The van der Waals surface area contributed by atoms with Crippen molar-refractivity contribution in [2.75, 3.05) is 21.8 Å². The third kappa shape index (κ3) is 6.25. The predicted octanol–water partition coefficient (Wildman–Crippen LogP) is 4.67. The van der Waals surface area contributed by atoms with Crippen LogP contribution in [0, 0.1) is 0 Å². The van der Waals surface area contributed by atoms with Crippen LogP contribution in [0.2, 0.25) is 0 Å². The van der Waals surface area contributed by atoms with Crippen LogP contribution in [0.4, 0.5) is 22.7 Å². The number of hydrogen-bond acceptors (Lipinski definition) is 8. The number of benzene rings is 4. The fourth-order valence-electron chi connectivity index (χ4n) is 4.10. The largest absolute Gasteiger partial charge is 0.399 e. The summed E-state index contributed by atoms with van der Waals surface area (Å²) in [6.07, 6.45) is 1.10. The van der Waals surface area contributed by atoms with Crippen LogP contribution in [0.1, 0.15) is 36.6 Å². The van der Waals surface area contributed by atoms with Gasteiger partial charge in [0, 0.05) is 33.8 Å². The number of fused-ring (bicyclic) bond motifs is 1. The second-order valence-electron chi connectivity index (χ2n) is 9.16. The second kappa shape index (κ2) is 11.5. The number of nitrogens with one attached hydrogen (secondary N) is 3. The minimum absolute atomic E-state index is 0.118. The van der Waals surface area contributed by atoms with Gasteiger partial charge in [-0.1, -0.05) is 18.2 Å². The molecule has 0 aliphatic heterocycles.